The lowest BCUT2D eigenvalue weighted by Crippen LogP contribution is -2.39. The molecule has 1 aliphatic heterocycles. The van der Waals surface area contributed by atoms with E-state index < -0.39 is 0 Å². The number of carbonyl (C=O) groups excluding carboxylic acids is 1. The number of H-pyrrole nitrogens is 1. The number of fused-ring (bicyclic) bond motifs is 2. The van der Waals surface area contributed by atoms with E-state index in [9.17, 15) is 9.59 Å². The predicted octanol–water partition coefficient (Wildman–Crippen LogP) is 3.14. The highest BCUT2D eigenvalue weighted by Gasteiger charge is 2.23. The fourth-order valence-corrected chi connectivity index (χ4v) is 3.85. The summed E-state index contributed by atoms with van der Waals surface area (Å²) in [6.07, 6.45) is 0.743. The second kappa shape index (κ2) is 7.00. The summed E-state index contributed by atoms with van der Waals surface area (Å²) < 4.78 is 0. The van der Waals surface area contributed by atoms with Gasteiger partial charge in [-0.1, -0.05) is 24.3 Å². The summed E-state index contributed by atoms with van der Waals surface area (Å²) in [6.45, 7) is 5.56. The van der Waals surface area contributed by atoms with E-state index in [-0.39, 0.29) is 17.9 Å². The number of aromatic nitrogens is 1. The summed E-state index contributed by atoms with van der Waals surface area (Å²) in [5.74, 6) is -0.0615. The lowest BCUT2D eigenvalue weighted by Gasteiger charge is -2.28. The van der Waals surface area contributed by atoms with Gasteiger partial charge in [0.1, 0.15) is 0 Å². The van der Waals surface area contributed by atoms with Crippen molar-refractivity contribution >= 4 is 22.5 Å². The Kier molecular flexibility index (Phi) is 4.54. The number of hydrogen-bond donors (Lipinski definition) is 2. The quantitative estimate of drug-likeness (QED) is 0.753. The van der Waals surface area contributed by atoms with E-state index in [1.165, 1.54) is 0 Å². The molecule has 5 heteroatoms. The van der Waals surface area contributed by atoms with E-state index in [0.717, 1.165) is 51.9 Å². The second-order valence-corrected chi connectivity index (χ2v) is 7.29. The van der Waals surface area contributed by atoms with Crippen molar-refractivity contribution in [1.29, 1.82) is 0 Å². The molecule has 0 saturated heterocycles. The average Bonchev–Trinajstić information content (AvgIpc) is 2.64. The van der Waals surface area contributed by atoms with Crippen LogP contribution in [0.15, 0.2) is 47.3 Å². The molecule has 2 heterocycles. The molecule has 138 valence electrons. The minimum atomic E-state index is -0.0615. The first kappa shape index (κ1) is 17.5. The lowest BCUT2D eigenvalue weighted by molar-refractivity contribution is -0.117. The first-order chi connectivity index (χ1) is 13.0. The Morgan fingerprint density at radius 1 is 1.19 bits per heavy atom. The van der Waals surface area contributed by atoms with E-state index in [2.05, 4.69) is 16.4 Å². The number of para-hydroxylation sites is 1. The molecule has 0 radical (unpaired) electrons. The number of benzene rings is 2. The molecule has 0 spiro atoms. The zero-order chi connectivity index (χ0) is 19.0. The van der Waals surface area contributed by atoms with Crippen LogP contribution in [0.3, 0.4) is 0 Å². The first-order valence-electron chi connectivity index (χ1n) is 9.23. The third-order valence-corrected chi connectivity index (χ3v) is 5.12. The number of aryl methyl sites for hydroxylation is 2. The van der Waals surface area contributed by atoms with Gasteiger partial charge in [0.15, 0.2) is 5.43 Å². The number of anilines is 1. The number of nitrogens with one attached hydrogen (secondary N) is 2. The Balaban J connectivity index is 1.57. The third kappa shape index (κ3) is 3.51. The molecule has 0 unspecified atom stereocenters. The Morgan fingerprint density at radius 3 is 2.74 bits per heavy atom. The zero-order valence-corrected chi connectivity index (χ0v) is 15.6. The van der Waals surface area contributed by atoms with Gasteiger partial charge in [0.05, 0.1) is 12.1 Å². The Hall–Kier alpha value is -2.92. The van der Waals surface area contributed by atoms with Crippen LogP contribution in [-0.2, 0) is 17.8 Å². The number of pyridine rings is 1. The van der Waals surface area contributed by atoms with Crippen LogP contribution in [0.2, 0.25) is 0 Å². The van der Waals surface area contributed by atoms with Gasteiger partial charge in [0.2, 0.25) is 5.91 Å². The molecule has 4 rings (SSSR count). The molecule has 1 aliphatic rings. The number of aromatic amines is 1. The van der Waals surface area contributed by atoms with Crippen LogP contribution in [0, 0.1) is 13.8 Å². The maximum absolute atomic E-state index is 13.1. The highest BCUT2D eigenvalue weighted by molar-refractivity contribution is 5.92. The maximum Gasteiger partial charge on any atom is 0.238 e. The third-order valence-electron chi connectivity index (χ3n) is 5.12. The smallest absolute Gasteiger partial charge is 0.238 e. The van der Waals surface area contributed by atoms with Gasteiger partial charge in [0, 0.05) is 41.8 Å². The topological polar surface area (TPSA) is 65.2 Å². The molecule has 0 saturated carbocycles. The number of nitrogens with zero attached hydrogens (tertiary/aromatic N) is 1. The van der Waals surface area contributed by atoms with Crippen LogP contribution in [0.5, 0.6) is 0 Å². The summed E-state index contributed by atoms with van der Waals surface area (Å²) in [4.78, 5) is 30.9. The molecule has 3 aromatic rings. The van der Waals surface area contributed by atoms with Gasteiger partial charge in [-0.2, -0.15) is 0 Å². The standard InChI is InChI=1S/C22H23N3O2/c1-14-10-15(2)21-17(11-14)22(27)18-12-25(9-8-19(18)24-21)13-20(26)23-16-6-4-3-5-7-16/h3-7,10-11H,8-9,12-13H2,1-2H3,(H,23,26)(H,24,27). The monoisotopic (exact) mass is 361 g/mol. The van der Waals surface area contributed by atoms with Crippen molar-refractivity contribution in [2.45, 2.75) is 26.8 Å². The van der Waals surface area contributed by atoms with Gasteiger partial charge < -0.3 is 10.3 Å². The molecule has 2 N–H and O–H groups in total. The Bertz CT molecular complexity index is 1070. The van der Waals surface area contributed by atoms with Crippen molar-refractivity contribution in [1.82, 2.24) is 9.88 Å². The van der Waals surface area contributed by atoms with Crippen LogP contribution in [0.4, 0.5) is 5.69 Å². The maximum atomic E-state index is 13.1. The van der Waals surface area contributed by atoms with Crippen LogP contribution < -0.4 is 10.7 Å². The zero-order valence-electron chi connectivity index (χ0n) is 15.6. The van der Waals surface area contributed by atoms with Crippen LogP contribution in [0.1, 0.15) is 22.4 Å². The fourth-order valence-electron chi connectivity index (χ4n) is 3.85. The van der Waals surface area contributed by atoms with Crippen molar-refractivity contribution in [2.24, 2.45) is 0 Å². The number of carbonyl (C=O) groups is 1. The molecule has 27 heavy (non-hydrogen) atoms. The Morgan fingerprint density at radius 2 is 1.96 bits per heavy atom. The lowest BCUT2D eigenvalue weighted by atomic mass is 9.99. The van der Waals surface area contributed by atoms with E-state index in [4.69, 9.17) is 0 Å². The molecular weight excluding hydrogens is 338 g/mol. The number of amides is 1. The number of rotatable bonds is 3. The fraction of sp³-hybridized carbons (Fsp3) is 0.273. The van der Waals surface area contributed by atoms with Crippen LogP contribution >= 0.6 is 0 Å². The van der Waals surface area contributed by atoms with Gasteiger partial charge in [-0.15, -0.1) is 0 Å². The number of hydrogen-bond acceptors (Lipinski definition) is 3. The van der Waals surface area contributed by atoms with Crippen molar-refractivity contribution in [3.05, 3.63) is 75.1 Å². The van der Waals surface area contributed by atoms with Crippen molar-refractivity contribution < 1.29 is 4.79 Å². The molecule has 0 aliphatic carbocycles. The SMILES string of the molecule is Cc1cc(C)c2[nH]c3c(c(=O)c2c1)CN(CC(=O)Nc1ccccc1)CC3. The minimum absolute atomic E-state index is 0.0615. The predicted molar refractivity (Wildman–Crippen MR) is 108 cm³/mol. The molecule has 0 bridgehead atoms. The van der Waals surface area contributed by atoms with E-state index >= 15 is 0 Å². The molecule has 1 amide bonds. The molecule has 2 aromatic carbocycles. The largest absolute Gasteiger partial charge is 0.358 e. The summed E-state index contributed by atoms with van der Waals surface area (Å²) in [5, 5.41) is 3.64. The van der Waals surface area contributed by atoms with E-state index in [1.807, 2.05) is 55.1 Å². The van der Waals surface area contributed by atoms with Crippen molar-refractivity contribution in [2.75, 3.05) is 18.4 Å². The summed E-state index contributed by atoms with van der Waals surface area (Å²) >= 11 is 0. The van der Waals surface area contributed by atoms with Crippen molar-refractivity contribution in [3.8, 4) is 0 Å². The second-order valence-electron chi connectivity index (χ2n) is 7.29. The average molecular weight is 361 g/mol. The summed E-state index contributed by atoms with van der Waals surface area (Å²) in [5.41, 5.74) is 5.76. The molecule has 0 atom stereocenters. The van der Waals surface area contributed by atoms with Gasteiger partial charge in [0.25, 0.3) is 0 Å². The van der Waals surface area contributed by atoms with Gasteiger partial charge >= 0.3 is 0 Å². The molecule has 1 aromatic heterocycles. The van der Waals surface area contributed by atoms with E-state index in [0.29, 0.717) is 6.54 Å². The normalized spacial score (nSPS) is 14.1. The minimum Gasteiger partial charge on any atom is -0.358 e. The Labute approximate surface area is 158 Å². The van der Waals surface area contributed by atoms with Crippen LogP contribution in [0.25, 0.3) is 10.9 Å². The molecule has 5 nitrogen and oxygen atoms in total. The van der Waals surface area contributed by atoms with Gasteiger partial charge in [-0.25, -0.2) is 0 Å². The molecular formula is C22H23N3O2. The molecule has 0 fully saturated rings. The van der Waals surface area contributed by atoms with Gasteiger partial charge in [-0.3, -0.25) is 14.5 Å². The van der Waals surface area contributed by atoms with Crippen molar-refractivity contribution in [3.63, 3.8) is 0 Å². The summed E-state index contributed by atoms with van der Waals surface area (Å²) in [7, 11) is 0. The summed E-state index contributed by atoms with van der Waals surface area (Å²) in [6, 6.07) is 13.5. The first-order valence-corrected chi connectivity index (χ1v) is 9.23. The van der Waals surface area contributed by atoms with E-state index in [1.54, 1.807) is 0 Å². The van der Waals surface area contributed by atoms with Crippen LogP contribution in [-0.4, -0.2) is 28.9 Å². The highest BCUT2D eigenvalue weighted by Crippen LogP contribution is 2.21. The highest BCUT2D eigenvalue weighted by atomic mass is 16.2. The van der Waals surface area contributed by atoms with Gasteiger partial charge in [-0.05, 0) is 43.2 Å².